The van der Waals surface area contributed by atoms with Crippen LogP contribution in [0.2, 0.25) is 0 Å². The number of hydrogen-bond acceptors (Lipinski definition) is 6. The van der Waals surface area contributed by atoms with Gasteiger partial charge in [0, 0.05) is 51.7 Å². The van der Waals surface area contributed by atoms with E-state index in [-0.39, 0.29) is 6.03 Å². The number of hydrogen-bond donors (Lipinski definition) is 2. The Morgan fingerprint density at radius 1 is 1.00 bits per heavy atom. The van der Waals surface area contributed by atoms with Crippen molar-refractivity contribution in [1.82, 2.24) is 30.4 Å². The van der Waals surface area contributed by atoms with Crippen LogP contribution in [-0.2, 0) is 0 Å². The fraction of sp³-hybridized carbons (Fsp3) is 0.476. The fourth-order valence-corrected chi connectivity index (χ4v) is 4.17. The van der Waals surface area contributed by atoms with Gasteiger partial charge in [0.1, 0.15) is 5.66 Å². The van der Waals surface area contributed by atoms with Gasteiger partial charge in [0.15, 0.2) is 0 Å². The van der Waals surface area contributed by atoms with Crippen LogP contribution in [0.25, 0.3) is 0 Å². The molecule has 1 atom stereocenters. The summed E-state index contributed by atoms with van der Waals surface area (Å²) in [5.41, 5.74) is 0.348. The molecule has 3 heterocycles. The second-order valence-corrected chi connectivity index (χ2v) is 7.64. The summed E-state index contributed by atoms with van der Waals surface area (Å²) in [4.78, 5) is 28.8. The molecule has 0 bridgehead atoms. The number of urea groups is 1. The lowest BCUT2D eigenvalue weighted by Crippen LogP contribution is -2.68. The Morgan fingerprint density at radius 3 is 2.45 bits per heavy atom. The first-order valence-electron chi connectivity index (χ1n) is 10.3. The van der Waals surface area contributed by atoms with Gasteiger partial charge in [0.25, 0.3) is 0 Å². The van der Waals surface area contributed by atoms with Crippen LogP contribution in [0.1, 0.15) is 13.3 Å². The number of benzene rings is 1. The number of nitrogens with zero attached hydrogens (tertiary/aromatic N) is 5. The molecule has 2 N–H and O–H groups in total. The lowest BCUT2D eigenvalue weighted by molar-refractivity contribution is -0.0166. The first kappa shape index (κ1) is 19.8. The van der Waals surface area contributed by atoms with Crippen LogP contribution in [0, 0.1) is 0 Å². The Kier molecular flexibility index (Phi) is 6.03. The highest BCUT2D eigenvalue weighted by Gasteiger charge is 2.44. The molecule has 1 unspecified atom stereocenters. The number of rotatable bonds is 3. The molecule has 0 spiro atoms. The zero-order chi connectivity index (χ0) is 20.1. The summed E-state index contributed by atoms with van der Waals surface area (Å²) in [6.07, 6.45) is 4.25. The second-order valence-electron chi connectivity index (χ2n) is 7.64. The standard InChI is InChI=1S/C21H29N7O/c1-21(26-15-12-22-13-16-26)17-23-9-6-14-27(21)20(29)28(18-7-3-2-4-8-18)19-24-10-5-11-25-19/h2-5,7-8,10-11,22-23H,6,9,12-17H2,1H3. The highest BCUT2D eigenvalue weighted by Crippen LogP contribution is 2.29. The SMILES string of the molecule is CC1(N2CCNCC2)CNCCCN1C(=O)N(c1ccccc1)c1ncccn1. The van der Waals surface area contributed by atoms with Crippen molar-refractivity contribution in [3.63, 3.8) is 0 Å². The van der Waals surface area contributed by atoms with Gasteiger partial charge in [0.05, 0.1) is 5.69 Å². The Balaban J connectivity index is 1.72. The topological polar surface area (TPSA) is 76.6 Å². The van der Waals surface area contributed by atoms with Crippen LogP contribution in [0.5, 0.6) is 0 Å². The van der Waals surface area contributed by atoms with Gasteiger partial charge < -0.3 is 15.5 Å². The maximum Gasteiger partial charge on any atom is 0.333 e. The molecular weight excluding hydrogens is 366 g/mol. The van der Waals surface area contributed by atoms with E-state index in [1.165, 1.54) is 0 Å². The number of carbonyl (C=O) groups excluding carboxylic acids is 1. The Hall–Kier alpha value is -2.55. The van der Waals surface area contributed by atoms with Crippen molar-refractivity contribution in [2.75, 3.05) is 50.7 Å². The van der Waals surface area contributed by atoms with Gasteiger partial charge in [-0.25, -0.2) is 19.7 Å². The molecule has 154 valence electrons. The van der Waals surface area contributed by atoms with E-state index < -0.39 is 5.66 Å². The van der Waals surface area contributed by atoms with Crippen LogP contribution in [-0.4, -0.2) is 77.3 Å². The lowest BCUT2D eigenvalue weighted by Gasteiger charge is -2.50. The number of piperazine rings is 1. The highest BCUT2D eigenvalue weighted by atomic mass is 16.2. The molecule has 4 rings (SSSR count). The molecule has 1 aromatic carbocycles. The highest BCUT2D eigenvalue weighted by molar-refractivity contribution is 5.98. The van der Waals surface area contributed by atoms with Crippen molar-refractivity contribution in [1.29, 1.82) is 0 Å². The summed E-state index contributed by atoms with van der Waals surface area (Å²) in [5, 5.41) is 6.94. The summed E-state index contributed by atoms with van der Waals surface area (Å²) in [7, 11) is 0. The molecule has 2 aliphatic heterocycles. The van der Waals surface area contributed by atoms with E-state index in [9.17, 15) is 4.79 Å². The predicted molar refractivity (Wildman–Crippen MR) is 113 cm³/mol. The van der Waals surface area contributed by atoms with Crippen molar-refractivity contribution < 1.29 is 4.79 Å². The summed E-state index contributed by atoms with van der Waals surface area (Å²) >= 11 is 0. The summed E-state index contributed by atoms with van der Waals surface area (Å²) < 4.78 is 0. The van der Waals surface area contributed by atoms with Crippen LogP contribution >= 0.6 is 0 Å². The number of para-hydroxylation sites is 1. The van der Waals surface area contributed by atoms with E-state index in [0.717, 1.165) is 51.4 Å². The van der Waals surface area contributed by atoms with Crippen molar-refractivity contribution in [3.05, 3.63) is 48.8 Å². The van der Waals surface area contributed by atoms with Gasteiger partial charge in [-0.05, 0) is 38.1 Å². The summed E-state index contributed by atoms with van der Waals surface area (Å²) in [6.45, 7) is 8.18. The molecule has 2 aromatic rings. The van der Waals surface area contributed by atoms with Crippen molar-refractivity contribution in [3.8, 4) is 0 Å². The summed E-state index contributed by atoms with van der Waals surface area (Å²) in [5.74, 6) is 0.392. The number of anilines is 2. The van der Waals surface area contributed by atoms with Gasteiger partial charge in [-0.2, -0.15) is 0 Å². The van der Waals surface area contributed by atoms with Crippen LogP contribution in [0.4, 0.5) is 16.4 Å². The molecular formula is C21H29N7O. The minimum Gasteiger partial charge on any atom is -0.314 e. The smallest absolute Gasteiger partial charge is 0.314 e. The van der Waals surface area contributed by atoms with Crippen molar-refractivity contribution >= 4 is 17.7 Å². The minimum absolute atomic E-state index is 0.0906. The van der Waals surface area contributed by atoms with Crippen LogP contribution < -0.4 is 15.5 Å². The molecule has 0 saturated carbocycles. The fourth-order valence-electron chi connectivity index (χ4n) is 4.17. The van der Waals surface area contributed by atoms with E-state index in [4.69, 9.17) is 0 Å². The quantitative estimate of drug-likeness (QED) is 0.823. The third-order valence-electron chi connectivity index (χ3n) is 5.76. The molecule has 0 radical (unpaired) electrons. The molecule has 29 heavy (non-hydrogen) atoms. The van der Waals surface area contributed by atoms with Gasteiger partial charge >= 0.3 is 6.03 Å². The third-order valence-corrected chi connectivity index (χ3v) is 5.76. The van der Waals surface area contributed by atoms with Crippen molar-refractivity contribution in [2.45, 2.75) is 19.0 Å². The normalized spacial score (nSPS) is 23.4. The number of amides is 2. The van der Waals surface area contributed by atoms with Gasteiger partial charge in [-0.3, -0.25) is 4.90 Å². The molecule has 2 fully saturated rings. The molecule has 1 aromatic heterocycles. The van der Waals surface area contributed by atoms with E-state index in [2.05, 4.69) is 32.4 Å². The first-order valence-corrected chi connectivity index (χ1v) is 10.3. The van der Waals surface area contributed by atoms with Crippen LogP contribution in [0.15, 0.2) is 48.8 Å². The molecule has 8 heteroatoms. The monoisotopic (exact) mass is 395 g/mol. The zero-order valence-electron chi connectivity index (χ0n) is 16.9. The van der Waals surface area contributed by atoms with E-state index in [0.29, 0.717) is 12.5 Å². The Bertz CT molecular complexity index is 758. The number of nitrogens with one attached hydrogen (secondary N) is 2. The van der Waals surface area contributed by atoms with E-state index in [1.807, 2.05) is 35.2 Å². The molecule has 8 nitrogen and oxygen atoms in total. The molecule has 2 aliphatic rings. The van der Waals surface area contributed by atoms with Gasteiger partial charge in [-0.15, -0.1) is 0 Å². The number of carbonyl (C=O) groups is 1. The van der Waals surface area contributed by atoms with E-state index in [1.54, 1.807) is 23.4 Å². The minimum atomic E-state index is -0.419. The number of aromatic nitrogens is 2. The van der Waals surface area contributed by atoms with Crippen molar-refractivity contribution in [2.24, 2.45) is 0 Å². The molecule has 2 amide bonds. The third kappa shape index (κ3) is 4.10. The average molecular weight is 396 g/mol. The Labute approximate surface area is 171 Å². The maximum atomic E-state index is 14.0. The lowest BCUT2D eigenvalue weighted by atomic mass is 10.1. The molecule has 0 aliphatic carbocycles. The molecule has 2 saturated heterocycles. The van der Waals surface area contributed by atoms with E-state index >= 15 is 0 Å². The van der Waals surface area contributed by atoms with Gasteiger partial charge in [-0.1, -0.05) is 18.2 Å². The largest absolute Gasteiger partial charge is 0.333 e. The second kappa shape index (κ2) is 8.86. The maximum absolute atomic E-state index is 14.0. The Morgan fingerprint density at radius 2 is 1.72 bits per heavy atom. The summed E-state index contributed by atoms with van der Waals surface area (Å²) in [6, 6.07) is 11.3. The average Bonchev–Trinajstić information content (AvgIpc) is 2.98. The predicted octanol–water partition coefficient (Wildman–Crippen LogP) is 1.65. The van der Waals surface area contributed by atoms with Gasteiger partial charge in [0.2, 0.25) is 5.95 Å². The van der Waals surface area contributed by atoms with Crippen LogP contribution in [0.3, 0.4) is 0 Å². The zero-order valence-corrected chi connectivity index (χ0v) is 16.9. The first-order chi connectivity index (χ1) is 14.2.